The molecular formula is C27H24N2O7. The molecule has 9 heteroatoms. The number of nitrogens with zero attached hydrogens (tertiary/aromatic N) is 2. The van der Waals surface area contributed by atoms with Gasteiger partial charge in [0.05, 0.1) is 29.8 Å². The molecule has 0 bridgehead atoms. The molecule has 1 saturated heterocycles. The Morgan fingerprint density at radius 1 is 1.00 bits per heavy atom. The number of nitro benzene ring substituents is 1. The van der Waals surface area contributed by atoms with E-state index in [0.29, 0.717) is 22.7 Å². The fourth-order valence-corrected chi connectivity index (χ4v) is 4.13. The number of carbonyl (C=O) groups excluding carboxylic acids is 2. The quantitative estimate of drug-likeness (QED) is 0.163. The summed E-state index contributed by atoms with van der Waals surface area (Å²) in [5.74, 6) is -1.28. The van der Waals surface area contributed by atoms with Crippen LogP contribution < -0.4 is 14.4 Å². The number of hydrogen-bond donors (Lipinski definition) is 1. The lowest BCUT2D eigenvalue weighted by Gasteiger charge is -2.26. The van der Waals surface area contributed by atoms with Crippen molar-refractivity contribution in [3.05, 3.63) is 99.6 Å². The molecule has 1 heterocycles. The average molecular weight is 488 g/mol. The molecule has 4 rings (SSSR count). The van der Waals surface area contributed by atoms with E-state index in [1.54, 1.807) is 48.5 Å². The van der Waals surface area contributed by atoms with Gasteiger partial charge in [-0.05, 0) is 43.7 Å². The van der Waals surface area contributed by atoms with Crippen LogP contribution in [0.2, 0.25) is 0 Å². The zero-order valence-electron chi connectivity index (χ0n) is 19.9. The Labute approximate surface area is 207 Å². The molecule has 1 N–H and O–H groups in total. The SMILES string of the molecule is COc1cccc(N2C(=O)C(=O)/C(=C(\O)c3cccc([N+](=O)[O-])c3)C2c2cccc(OC(C)C)c2)c1. The number of rotatable bonds is 7. The number of nitro groups is 1. The van der Waals surface area contributed by atoms with Crippen molar-refractivity contribution in [3.8, 4) is 11.5 Å². The van der Waals surface area contributed by atoms with Crippen LogP contribution in [0.25, 0.3) is 5.76 Å². The normalized spacial score (nSPS) is 16.9. The van der Waals surface area contributed by atoms with Gasteiger partial charge in [-0.2, -0.15) is 0 Å². The highest BCUT2D eigenvalue weighted by Gasteiger charge is 2.47. The molecule has 1 fully saturated rings. The Bertz CT molecular complexity index is 1380. The van der Waals surface area contributed by atoms with E-state index in [9.17, 15) is 24.8 Å². The minimum absolute atomic E-state index is 0.0485. The summed E-state index contributed by atoms with van der Waals surface area (Å²) in [6.45, 7) is 3.74. The van der Waals surface area contributed by atoms with Crippen LogP contribution in [0, 0.1) is 10.1 Å². The van der Waals surface area contributed by atoms with Crippen molar-refractivity contribution in [2.45, 2.75) is 26.0 Å². The van der Waals surface area contributed by atoms with Gasteiger partial charge in [-0.3, -0.25) is 24.6 Å². The lowest BCUT2D eigenvalue weighted by atomic mass is 9.94. The predicted octanol–water partition coefficient (Wildman–Crippen LogP) is 5.02. The number of aliphatic hydroxyl groups excluding tert-OH is 1. The van der Waals surface area contributed by atoms with Crippen molar-refractivity contribution in [1.82, 2.24) is 0 Å². The van der Waals surface area contributed by atoms with Crippen LogP contribution >= 0.6 is 0 Å². The molecular weight excluding hydrogens is 464 g/mol. The first-order valence-electron chi connectivity index (χ1n) is 11.2. The fraction of sp³-hybridized carbons (Fsp3) is 0.185. The highest BCUT2D eigenvalue weighted by atomic mass is 16.6. The zero-order chi connectivity index (χ0) is 26.0. The van der Waals surface area contributed by atoms with E-state index in [1.165, 1.54) is 30.2 Å². The minimum Gasteiger partial charge on any atom is -0.507 e. The summed E-state index contributed by atoms with van der Waals surface area (Å²) in [6, 6.07) is 17.8. The van der Waals surface area contributed by atoms with Crippen molar-refractivity contribution in [3.63, 3.8) is 0 Å². The van der Waals surface area contributed by atoms with Gasteiger partial charge in [-0.15, -0.1) is 0 Å². The number of benzene rings is 3. The van der Waals surface area contributed by atoms with E-state index in [0.717, 1.165) is 6.07 Å². The molecule has 1 amide bonds. The first-order valence-corrected chi connectivity index (χ1v) is 11.2. The number of aliphatic hydroxyl groups is 1. The Kier molecular flexibility index (Phi) is 6.73. The van der Waals surface area contributed by atoms with Gasteiger partial charge in [-0.25, -0.2) is 0 Å². The maximum Gasteiger partial charge on any atom is 0.300 e. The van der Waals surface area contributed by atoms with Crippen LogP contribution in [0.15, 0.2) is 78.4 Å². The summed E-state index contributed by atoms with van der Waals surface area (Å²) in [7, 11) is 1.49. The number of ether oxygens (including phenoxy) is 2. The molecule has 3 aromatic carbocycles. The highest BCUT2D eigenvalue weighted by molar-refractivity contribution is 6.51. The maximum absolute atomic E-state index is 13.3. The predicted molar refractivity (Wildman–Crippen MR) is 133 cm³/mol. The second kappa shape index (κ2) is 9.91. The van der Waals surface area contributed by atoms with Crippen molar-refractivity contribution in [2.24, 2.45) is 0 Å². The van der Waals surface area contributed by atoms with Gasteiger partial charge in [0.1, 0.15) is 17.3 Å². The van der Waals surface area contributed by atoms with E-state index in [2.05, 4.69) is 0 Å². The summed E-state index contributed by atoms with van der Waals surface area (Å²) in [5, 5.41) is 22.5. The van der Waals surface area contributed by atoms with E-state index in [4.69, 9.17) is 9.47 Å². The molecule has 3 aromatic rings. The molecule has 0 radical (unpaired) electrons. The second-order valence-corrected chi connectivity index (χ2v) is 8.42. The number of carbonyl (C=O) groups is 2. The van der Waals surface area contributed by atoms with Crippen LogP contribution in [0.3, 0.4) is 0 Å². The molecule has 36 heavy (non-hydrogen) atoms. The summed E-state index contributed by atoms with van der Waals surface area (Å²) >= 11 is 0. The summed E-state index contributed by atoms with van der Waals surface area (Å²) in [6.07, 6.45) is -0.116. The second-order valence-electron chi connectivity index (χ2n) is 8.42. The van der Waals surface area contributed by atoms with Gasteiger partial charge in [-0.1, -0.05) is 30.3 Å². The molecule has 1 atom stereocenters. The third-order valence-corrected chi connectivity index (χ3v) is 5.65. The number of anilines is 1. The number of amides is 1. The van der Waals surface area contributed by atoms with Gasteiger partial charge in [0.2, 0.25) is 0 Å². The smallest absolute Gasteiger partial charge is 0.300 e. The molecule has 0 aliphatic carbocycles. The molecule has 0 aromatic heterocycles. The average Bonchev–Trinajstić information content (AvgIpc) is 3.13. The summed E-state index contributed by atoms with van der Waals surface area (Å²) < 4.78 is 11.1. The van der Waals surface area contributed by atoms with E-state index >= 15 is 0 Å². The van der Waals surface area contributed by atoms with Gasteiger partial charge in [0.15, 0.2) is 0 Å². The number of non-ortho nitro benzene ring substituents is 1. The minimum atomic E-state index is -1.02. The zero-order valence-corrected chi connectivity index (χ0v) is 19.9. The van der Waals surface area contributed by atoms with Crippen molar-refractivity contribution < 1.29 is 29.1 Å². The Hall–Kier alpha value is -4.66. The third kappa shape index (κ3) is 4.63. The van der Waals surface area contributed by atoms with Gasteiger partial charge in [0, 0.05) is 29.4 Å². The first kappa shape index (κ1) is 24.5. The molecule has 9 nitrogen and oxygen atoms in total. The standard InChI is InChI=1S/C27H24N2O7/c1-16(2)36-22-12-5-7-17(14-22)24-23(25(30)18-8-4-10-20(13-18)29(33)34)26(31)27(32)28(24)19-9-6-11-21(15-19)35-3/h4-16,24,30H,1-3H3/b25-23-. The summed E-state index contributed by atoms with van der Waals surface area (Å²) in [5.41, 5.74) is 0.499. The molecule has 1 unspecified atom stereocenters. The number of hydrogen-bond acceptors (Lipinski definition) is 7. The topological polar surface area (TPSA) is 119 Å². The van der Waals surface area contributed by atoms with E-state index in [-0.39, 0.29) is 22.9 Å². The lowest BCUT2D eigenvalue weighted by Crippen LogP contribution is -2.29. The first-order chi connectivity index (χ1) is 17.2. The Morgan fingerprint density at radius 3 is 2.39 bits per heavy atom. The largest absolute Gasteiger partial charge is 0.507 e. The molecule has 184 valence electrons. The van der Waals surface area contributed by atoms with Crippen molar-refractivity contribution in [2.75, 3.05) is 12.0 Å². The van der Waals surface area contributed by atoms with Gasteiger partial charge >= 0.3 is 0 Å². The highest BCUT2D eigenvalue weighted by Crippen LogP contribution is 2.43. The van der Waals surface area contributed by atoms with Crippen molar-refractivity contribution in [1.29, 1.82) is 0 Å². The number of ketones is 1. The van der Waals surface area contributed by atoms with Crippen LogP contribution in [-0.2, 0) is 9.59 Å². The summed E-state index contributed by atoms with van der Waals surface area (Å²) in [4.78, 5) is 38.6. The van der Waals surface area contributed by atoms with Crippen LogP contribution in [0.5, 0.6) is 11.5 Å². The lowest BCUT2D eigenvalue weighted by molar-refractivity contribution is -0.384. The van der Waals surface area contributed by atoms with E-state index in [1.807, 2.05) is 13.8 Å². The Morgan fingerprint density at radius 2 is 1.69 bits per heavy atom. The fourth-order valence-electron chi connectivity index (χ4n) is 4.13. The molecule has 0 spiro atoms. The van der Waals surface area contributed by atoms with Gasteiger partial charge < -0.3 is 14.6 Å². The molecule has 1 aliphatic rings. The Balaban J connectivity index is 1.95. The molecule has 1 aliphatic heterocycles. The third-order valence-electron chi connectivity index (χ3n) is 5.65. The number of Topliss-reactive ketones (excluding diaryl/α,β-unsaturated/α-hetero) is 1. The van der Waals surface area contributed by atoms with E-state index < -0.39 is 28.4 Å². The maximum atomic E-state index is 13.3. The number of methoxy groups -OCH3 is 1. The van der Waals surface area contributed by atoms with Gasteiger partial charge in [0.25, 0.3) is 17.4 Å². The van der Waals surface area contributed by atoms with Crippen LogP contribution in [0.4, 0.5) is 11.4 Å². The van der Waals surface area contributed by atoms with Crippen LogP contribution in [0.1, 0.15) is 31.0 Å². The van der Waals surface area contributed by atoms with Crippen LogP contribution in [-0.4, -0.2) is 34.9 Å². The van der Waals surface area contributed by atoms with Crippen molar-refractivity contribution >= 4 is 28.8 Å². The molecule has 0 saturated carbocycles. The monoisotopic (exact) mass is 488 g/mol.